The Hall–Kier alpha value is -1.39. The first-order valence-electron chi connectivity index (χ1n) is 5.68. The molecule has 0 saturated carbocycles. The minimum Gasteiger partial charge on any atom is -0.337 e. The highest BCUT2D eigenvalue weighted by atomic mass is 79.9. The van der Waals surface area contributed by atoms with Crippen LogP contribution in [0.4, 0.5) is 0 Å². The van der Waals surface area contributed by atoms with Crippen LogP contribution in [-0.4, -0.2) is 22.8 Å². The third kappa shape index (κ3) is 3.78. The highest BCUT2D eigenvalue weighted by Crippen LogP contribution is 2.14. The normalized spacial score (nSPS) is 10.3. The maximum atomic E-state index is 12.2. The highest BCUT2D eigenvalue weighted by molar-refractivity contribution is 9.10. The van der Waals surface area contributed by atoms with Crippen molar-refractivity contribution in [1.29, 1.82) is 0 Å². The van der Waals surface area contributed by atoms with Gasteiger partial charge in [-0.1, -0.05) is 23.7 Å². The molecule has 0 fully saturated rings. The molecule has 0 radical (unpaired) electrons. The predicted molar refractivity (Wildman–Crippen MR) is 79.2 cm³/mol. The summed E-state index contributed by atoms with van der Waals surface area (Å²) in [5, 5.41) is 0.691. The molecule has 0 bridgehead atoms. The molecule has 3 nitrogen and oxygen atoms in total. The quantitative estimate of drug-likeness (QED) is 0.798. The second kappa shape index (κ2) is 6.17. The van der Waals surface area contributed by atoms with Crippen molar-refractivity contribution in [2.75, 3.05) is 7.05 Å². The van der Waals surface area contributed by atoms with E-state index in [-0.39, 0.29) is 5.91 Å². The van der Waals surface area contributed by atoms with Crippen LogP contribution < -0.4 is 0 Å². The molecule has 0 aliphatic rings. The van der Waals surface area contributed by atoms with Crippen LogP contribution in [0.2, 0.25) is 5.02 Å². The van der Waals surface area contributed by atoms with E-state index in [2.05, 4.69) is 20.9 Å². The van der Waals surface area contributed by atoms with Gasteiger partial charge in [0, 0.05) is 30.4 Å². The molecule has 1 aromatic heterocycles. The maximum Gasteiger partial charge on any atom is 0.254 e. The van der Waals surface area contributed by atoms with Gasteiger partial charge in [-0.05, 0) is 45.8 Å². The van der Waals surface area contributed by atoms with Crippen molar-refractivity contribution in [3.63, 3.8) is 0 Å². The average Bonchev–Trinajstić information content (AvgIpc) is 2.40. The first-order valence-corrected chi connectivity index (χ1v) is 6.85. The van der Waals surface area contributed by atoms with Crippen molar-refractivity contribution in [3.05, 3.63) is 63.3 Å². The molecule has 0 saturated heterocycles. The maximum absolute atomic E-state index is 12.2. The number of benzene rings is 1. The lowest BCUT2D eigenvalue weighted by atomic mass is 10.2. The second-order valence-corrected chi connectivity index (χ2v) is 5.40. The third-order valence-electron chi connectivity index (χ3n) is 2.65. The van der Waals surface area contributed by atoms with E-state index in [0.717, 1.165) is 5.56 Å². The summed E-state index contributed by atoms with van der Waals surface area (Å²) in [6, 6.07) is 10.9. The van der Waals surface area contributed by atoms with Crippen LogP contribution in [0.1, 0.15) is 15.9 Å². The topological polar surface area (TPSA) is 33.2 Å². The van der Waals surface area contributed by atoms with E-state index >= 15 is 0 Å². The van der Waals surface area contributed by atoms with Gasteiger partial charge in [-0.2, -0.15) is 0 Å². The first-order chi connectivity index (χ1) is 9.06. The van der Waals surface area contributed by atoms with Gasteiger partial charge in [0.05, 0.1) is 0 Å². The van der Waals surface area contributed by atoms with Crippen LogP contribution >= 0.6 is 27.5 Å². The van der Waals surface area contributed by atoms with Crippen LogP contribution in [0.25, 0.3) is 0 Å². The van der Waals surface area contributed by atoms with E-state index in [1.807, 2.05) is 24.3 Å². The minimum atomic E-state index is -0.0435. The molecule has 2 rings (SSSR count). The number of carbonyl (C=O) groups is 1. The summed E-state index contributed by atoms with van der Waals surface area (Å²) in [7, 11) is 1.77. The summed E-state index contributed by atoms with van der Waals surface area (Å²) in [6.07, 6.45) is 1.60. The lowest BCUT2D eigenvalue weighted by Crippen LogP contribution is -2.26. The summed E-state index contributed by atoms with van der Waals surface area (Å²) >= 11 is 9.09. The largest absolute Gasteiger partial charge is 0.337 e. The van der Waals surface area contributed by atoms with Crippen molar-refractivity contribution in [1.82, 2.24) is 9.88 Å². The summed E-state index contributed by atoms with van der Waals surface area (Å²) < 4.78 is 0.651. The van der Waals surface area contributed by atoms with E-state index in [4.69, 9.17) is 11.6 Å². The van der Waals surface area contributed by atoms with Crippen LogP contribution in [0.5, 0.6) is 0 Å². The number of pyridine rings is 1. The number of nitrogens with zero attached hydrogens (tertiary/aromatic N) is 2. The molecule has 1 aromatic carbocycles. The zero-order valence-electron chi connectivity index (χ0n) is 10.3. The lowest BCUT2D eigenvalue weighted by Gasteiger charge is -2.17. The van der Waals surface area contributed by atoms with Gasteiger partial charge in [-0.3, -0.25) is 4.79 Å². The Morgan fingerprint density at radius 2 is 2.00 bits per heavy atom. The van der Waals surface area contributed by atoms with E-state index in [9.17, 15) is 4.79 Å². The zero-order valence-corrected chi connectivity index (χ0v) is 12.6. The Labute approximate surface area is 125 Å². The molecule has 1 amide bonds. The molecule has 2 aromatic rings. The lowest BCUT2D eigenvalue weighted by molar-refractivity contribution is 0.0785. The highest BCUT2D eigenvalue weighted by Gasteiger charge is 2.12. The average molecular weight is 340 g/mol. The predicted octanol–water partition coefficient (Wildman–Crippen LogP) is 3.77. The Morgan fingerprint density at radius 3 is 2.63 bits per heavy atom. The fraction of sp³-hybridized carbons (Fsp3) is 0.143. The molecule has 0 aliphatic heterocycles. The minimum absolute atomic E-state index is 0.0435. The van der Waals surface area contributed by atoms with E-state index < -0.39 is 0 Å². The molecule has 1 heterocycles. The molecule has 0 spiro atoms. The third-order valence-corrected chi connectivity index (χ3v) is 3.34. The van der Waals surface area contributed by atoms with E-state index in [1.165, 1.54) is 0 Å². The fourth-order valence-electron chi connectivity index (χ4n) is 1.69. The Balaban J connectivity index is 2.09. The summed E-state index contributed by atoms with van der Waals surface area (Å²) in [5.41, 5.74) is 1.65. The number of hydrogen-bond acceptors (Lipinski definition) is 2. The molecule has 19 heavy (non-hydrogen) atoms. The molecule has 0 unspecified atom stereocenters. The van der Waals surface area contributed by atoms with Crippen LogP contribution in [0.3, 0.4) is 0 Å². The molecule has 0 aliphatic carbocycles. The van der Waals surface area contributed by atoms with Gasteiger partial charge in [0.25, 0.3) is 5.91 Å². The second-order valence-electron chi connectivity index (χ2n) is 4.15. The fourth-order valence-corrected chi connectivity index (χ4v) is 2.18. The summed E-state index contributed by atoms with van der Waals surface area (Å²) in [5.74, 6) is -0.0435. The van der Waals surface area contributed by atoms with Crippen molar-refractivity contribution in [3.8, 4) is 0 Å². The van der Waals surface area contributed by atoms with Crippen LogP contribution in [0, 0.1) is 0 Å². The number of halogens is 2. The number of carbonyl (C=O) groups excluding carboxylic acids is 1. The number of hydrogen-bond donors (Lipinski definition) is 0. The first kappa shape index (κ1) is 14.0. The Morgan fingerprint density at radius 1 is 1.32 bits per heavy atom. The molecule has 98 valence electrons. The molecule has 5 heteroatoms. The van der Waals surface area contributed by atoms with Crippen LogP contribution in [0.15, 0.2) is 47.2 Å². The standard InChI is InChI=1S/C14H12BrClN2O/c1-18(9-10-2-4-12(16)5-3-10)14(19)11-6-7-17-13(15)8-11/h2-8H,9H2,1H3. The Bertz CT molecular complexity index is 586. The van der Waals surface area contributed by atoms with Gasteiger partial charge in [-0.15, -0.1) is 0 Å². The van der Waals surface area contributed by atoms with Gasteiger partial charge in [0.15, 0.2) is 0 Å². The van der Waals surface area contributed by atoms with Gasteiger partial charge < -0.3 is 4.90 Å². The summed E-state index contributed by atoms with van der Waals surface area (Å²) in [4.78, 5) is 17.9. The van der Waals surface area contributed by atoms with Gasteiger partial charge in [0.1, 0.15) is 4.60 Å². The van der Waals surface area contributed by atoms with Gasteiger partial charge in [-0.25, -0.2) is 4.98 Å². The summed E-state index contributed by atoms with van der Waals surface area (Å²) in [6.45, 7) is 0.538. The van der Waals surface area contributed by atoms with Crippen molar-refractivity contribution in [2.45, 2.75) is 6.54 Å². The Kier molecular flexibility index (Phi) is 4.56. The SMILES string of the molecule is CN(Cc1ccc(Cl)cc1)C(=O)c1ccnc(Br)c1. The van der Waals surface area contributed by atoms with Gasteiger partial charge in [0.2, 0.25) is 0 Å². The van der Waals surface area contributed by atoms with Crippen molar-refractivity contribution in [2.24, 2.45) is 0 Å². The smallest absolute Gasteiger partial charge is 0.254 e. The molecular formula is C14H12BrClN2O. The number of rotatable bonds is 3. The monoisotopic (exact) mass is 338 g/mol. The van der Waals surface area contributed by atoms with Crippen LogP contribution in [-0.2, 0) is 6.54 Å². The van der Waals surface area contributed by atoms with Gasteiger partial charge >= 0.3 is 0 Å². The zero-order chi connectivity index (χ0) is 13.8. The number of aromatic nitrogens is 1. The number of amides is 1. The van der Waals surface area contributed by atoms with E-state index in [0.29, 0.717) is 21.7 Å². The van der Waals surface area contributed by atoms with E-state index in [1.54, 1.807) is 30.3 Å². The molecule has 0 atom stereocenters. The molecule has 0 N–H and O–H groups in total. The van der Waals surface area contributed by atoms with Crippen molar-refractivity contribution >= 4 is 33.4 Å². The molecular weight excluding hydrogens is 328 g/mol. The van der Waals surface area contributed by atoms with Crippen molar-refractivity contribution < 1.29 is 4.79 Å².